The Morgan fingerprint density at radius 3 is 2.62 bits per heavy atom. The van der Waals surface area contributed by atoms with E-state index in [-0.39, 0.29) is 0 Å². The third kappa shape index (κ3) is 4.18. The minimum absolute atomic E-state index is 0.291. The maximum absolute atomic E-state index is 12.0. The molecule has 3 rings (SSSR count). The van der Waals surface area contributed by atoms with E-state index in [1.54, 1.807) is 0 Å². The first-order chi connectivity index (χ1) is 11.7. The Kier molecular flexibility index (Phi) is 5.56. The van der Waals surface area contributed by atoms with E-state index in [4.69, 9.17) is 4.74 Å². The summed E-state index contributed by atoms with van der Waals surface area (Å²) in [6.07, 6.45) is 5.95. The highest BCUT2D eigenvalue weighted by molar-refractivity contribution is 5.77. The number of ether oxygens (including phenoxy) is 1. The molecular weight excluding hydrogens is 300 g/mol. The van der Waals surface area contributed by atoms with Gasteiger partial charge in [-0.2, -0.15) is 0 Å². The molecule has 0 aliphatic carbocycles. The fraction of sp³-hybridized carbons (Fsp3) is 0.550. The molecule has 2 saturated heterocycles. The second kappa shape index (κ2) is 7.84. The molecule has 0 atom stereocenters. The number of hydrogen-bond acceptors (Lipinski definition) is 3. The molecule has 2 heterocycles. The third-order valence-electron chi connectivity index (χ3n) is 5.43. The van der Waals surface area contributed by atoms with Crippen LogP contribution >= 0.6 is 0 Å². The summed E-state index contributed by atoms with van der Waals surface area (Å²) in [5.41, 5.74) is 0.327. The highest BCUT2D eigenvalue weighted by atomic mass is 16.5. The summed E-state index contributed by atoms with van der Waals surface area (Å²) in [6.45, 7) is 9.29. The zero-order valence-corrected chi connectivity index (χ0v) is 14.5. The van der Waals surface area contributed by atoms with E-state index in [1.165, 1.54) is 12.8 Å². The van der Waals surface area contributed by atoms with Crippen molar-refractivity contribution in [2.24, 2.45) is 5.41 Å². The lowest BCUT2D eigenvalue weighted by molar-refractivity contribution is -0.138. The van der Waals surface area contributed by atoms with Crippen molar-refractivity contribution in [3.63, 3.8) is 0 Å². The standard InChI is InChI=1S/C20H28N2O2/c1-2-12-22-17-20(9-8-19(22)23)10-13-21(14-11-20)15-16-24-18-6-4-3-5-7-18/h2-7H,1,8-17H2. The van der Waals surface area contributed by atoms with Crippen LogP contribution < -0.4 is 4.74 Å². The first-order valence-electron chi connectivity index (χ1n) is 9.00. The Hall–Kier alpha value is -1.81. The molecule has 1 aromatic rings. The predicted octanol–water partition coefficient (Wildman–Crippen LogP) is 2.96. The van der Waals surface area contributed by atoms with Gasteiger partial charge in [0.05, 0.1) is 0 Å². The van der Waals surface area contributed by atoms with Crippen LogP contribution in [0, 0.1) is 5.41 Å². The Balaban J connectivity index is 1.43. The Labute approximate surface area is 145 Å². The second-order valence-electron chi connectivity index (χ2n) is 7.07. The van der Waals surface area contributed by atoms with E-state index in [9.17, 15) is 4.79 Å². The molecule has 0 saturated carbocycles. The van der Waals surface area contributed by atoms with Gasteiger partial charge in [-0.25, -0.2) is 0 Å². The number of piperidine rings is 2. The first-order valence-corrected chi connectivity index (χ1v) is 9.00. The maximum Gasteiger partial charge on any atom is 0.222 e. The first kappa shape index (κ1) is 17.0. The van der Waals surface area contributed by atoms with Gasteiger partial charge in [0.15, 0.2) is 0 Å². The summed E-state index contributed by atoms with van der Waals surface area (Å²) in [5, 5.41) is 0. The van der Waals surface area contributed by atoms with Crippen LogP contribution in [-0.4, -0.2) is 55.0 Å². The number of likely N-dealkylation sites (tertiary alicyclic amines) is 2. The average molecular weight is 328 g/mol. The molecule has 0 N–H and O–H groups in total. The van der Waals surface area contributed by atoms with Crippen LogP contribution in [0.3, 0.4) is 0 Å². The molecule has 2 fully saturated rings. The second-order valence-corrected chi connectivity index (χ2v) is 7.07. The number of carbonyl (C=O) groups is 1. The van der Waals surface area contributed by atoms with Crippen LogP contribution in [0.4, 0.5) is 0 Å². The number of carbonyl (C=O) groups excluding carboxylic acids is 1. The Morgan fingerprint density at radius 2 is 1.92 bits per heavy atom. The van der Waals surface area contributed by atoms with Crippen molar-refractivity contribution in [2.45, 2.75) is 25.7 Å². The lowest BCUT2D eigenvalue weighted by atomic mass is 9.72. The van der Waals surface area contributed by atoms with Gasteiger partial charge in [-0.3, -0.25) is 9.69 Å². The quantitative estimate of drug-likeness (QED) is 0.753. The lowest BCUT2D eigenvalue weighted by Crippen LogP contribution is -2.51. The highest BCUT2D eigenvalue weighted by Gasteiger charge is 2.40. The lowest BCUT2D eigenvalue weighted by Gasteiger charge is -2.47. The van der Waals surface area contributed by atoms with E-state index in [0.29, 0.717) is 24.3 Å². The topological polar surface area (TPSA) is 32.8 Å². The molecule has 0 unspecified atom stereocenters. The Bertz CT molecular complexity index is 550. The van der Waals surface area contributed by atoms with E-state index in [1.807, 2.05) is 41.3 Å². The van der Waals surface area contributed by atoms with Crippen molar-refractivity contribution < 1.29 is 9.53 Å². The van der Waals surface area contributed by atoms with Gasteiger partial charge in [-0.1, -0.05) is 24.3 Å². The molecular formula is C20H28N2O2. The summed E-state index contributed by atoms with van der Waals surface area (Å²) < 4.78 is 5.80. The molecule has 1 spiro atoms. The van der Waals surface area contributed by atoms with Gasteiger partial charge >= 0.3 is 0 Å². The highest BCUT2D eigenvalue weighted by Crippen LogP contribution is 2.40. The monoisotopic (exact) mass is 328 g/mol. The van der Waals surface area contributed by atoms with Crippen LogP contribution in [0.15, 0.2) is 43.0 Å². The molecule has 1 amide bonds. The molecule has 2 aliphatic heterocycles. The van der Waals surface area contributed by atoms with Gasteiger partial charge in [0, 0.05) is 26.1 Å². The predicted molar refractivity (Wildman–Crippen MR) is 96.1 cm³/mol. The van der Waals surface area contributed by atoms with E-state index in [2.05, 4.69) is 11.5 Å². The molecule has 0 radical (unpaired) electrons. The smallest absolute Gasteiger partial charge is 0.222 e. The van der Waals surface area contributed by atoms with Gasteiger partial charge < -0.3 is 9.64 Å². The average Bonchev–Trinajstić information content (AvgIpc) is 2.61. The van der Waals surface area contributed by atoms with E-state index < -0.39 is 0 Å². The van der Waals surface area contributed by atoms with E-state index in [0.717, 1.165) is 45.0 Å². The minimum atomic E-state index is 0.291. The summed E-state index contributed by atoms with van der Waals surface area (Å²) in [5.74, 6) is 1.23. The Morgan fingerprint density at radius 1 is 1.17 bits per heavy atom. The van der Waals surface area contributed by atoms with Crippen molar-refractivity contribution in [1.82, 2.24) is 9.80 Å². The zero-order valence-electron chi connectivity index (χ0n) is 14.5. The number of hydrogen-bond donors (Lipinski definition) is 0. The van der Waals surface area contributed by atoms with E-state index >= 15 is 0 Å². The van der Waals surface area contributed by atoms with Gasteiger partial charge in [0.2, 0.25) is 5.91 Å². The molecule has 4 nitrogen and oxygen atoms in total. The molecule has 0 bridgehead atoms. The summed E-state index contributed by atoms with van der Waals surface area (Å²) in [7, 11) is 0. The summed E-state index contributed by atoms with van der Waals surface area (Å²) in [6, 6.07) is 10.00. The van der Waals surface area contributed by atoms with Crippen LogP contribution in [0.1, 0.15) is 25.7 Å². The molecule has 24 heavy (non-hydrogen) atoms. The van der Waals surface area contributed by atoms with Crippen molar-refractivity contribution in [3.05, 3.63) is 43.0 Å². The van der Waals surface area contributed by atoms with Gasteiger partial charge in [-0.15, -0.1) is 6.58 Å². The molecule has 4 heteroatoms. The van der Waals surface area contributed by atoms with Crippen LogP contribution in [0.25, 0.3) is 0 Å². The largest absolute Gasteiger partial charge is 0.492 e. The van der Waals surface area contributed by atoms with Crippen molar-refractivity contribution >= 4 is 5.91 Å². The van der Waals surface area contributed by atoms with Gasteiger partial charge in [-0.05, 0) is 49.9 Å². The molecule has 1 aromatic carbocycles. The van der Waals surface area contributed by atoms with Gasteiger partial charge in [0.1, 0.15) is 12.4 Å². The van der Waals surface area contributed by atoms with Crippen LogP contribution in [-0.2, 0) is 4.79 Å². The molecule has 130 valence electrons. The number of benzene rings is 1. The summed E-state index contributed by atoms with van der Waals surface area (Å²) >= 11 is 0. The number of amides is 1. The van der Waals surface area contributed by atoms with Gasteiger partial charge in [0.25, 0.3) is 0 Å². The fourth-order valence-electron chi connectivity index (χ4n) is 3.89. The maximum atomic E-state index is 12.0. The van der Waals surface area contributed by atoms with Crippen molar-refractivity contribution in [1.29, 1.82) is 0 Å². The summed E-state index contributed by atoms with van der Waals surface area (Å²) in [4.78, 5) is 16.5. The number of nitrogens with zero attached hydrogens (tertiary/aromatic N) is 2. The zero-order chi connectivity index (χ0) is 16.8. The van der Waals surface area contributed by atoms with Crippen molar-refractivity contribution in [2.75, 3.05) is 39.3 Å². The number of para-hydroxylation sites is 1. The normalized spacial score (nSPS) is 21.0. The number of rotatable bonds is 6. The van der Waals surface area contributed by atoms with Crippen LogP contribution in [0.2, 0.25) is 0 Å². The van der Waals surface area contributed by atoms with Crippen molar-refractivity contribution in [3.8, 4) is 5.75 Å². The fourth-order valence-corrected chi connectivity index (χ4v) is 3.89. The minimum Gasteiger partial charge on any atom is -0.492 e. The molecule has 2 aliphatic rings. The molecule has 0 aromatic heterocycles. The van der Waals surface area contributed by atoms with Crippen LogP contribution in [0.5, 0.6) is 5.75 Å². The SMILES string of the molecule is C=CCN1CC2(CCC1=O)CCN(CCOc1ccccc1)CC2. The third-order valence-corrected chi connectivity index (χ3v) is 5.43.